The molecule has 0 aliphatic heterocycles. The summed E-state index contributed by atoms with van der Waals surface area (Å²) in [5.41, 5.74) is 2.66. The standard InChI is InChI=1S/C15H16FNO2/c1-19-10-12-4-2-3-5-15(12)17-9-11-6-13(16)8-14(18)7-11/h2-8,17-18H,9-10H2,1H3. The number of hydrogen-bond donors (Lipinski definition) is 2. The number of rotatable bonds is 5. The van der Waals surface area contributed by atoms with Gasteiger partial charge < -0.3 is 15.2 Å². The van der Waals surface area contributed by atoms with Crippen molar-refractivity contribution < 1.29 is 14.2 Å². The molecule has 0 bridgehead atoms. The highest BCUT2D eigenvalue weighted by molar-refractivity contribution is 5.51. The number of ether oxygens (including phenoxy) is 1. The topological polar surface area (TPSA) is 41.5 Å². The van der Waals surface area contributed by atoms with E-state index in [1.54, 1.807) is 7.11 Å². The highest BCUT2D eigenvalue weighted by atomic mass is 19.1. The summed E-state index contributed by atoms with van der Waals surface area (Å²) in [7, 11) is 1.64. The Morgan fingerprint density at radius 3 is 2.74 bits per heavy atom. The van der Waals surface area contributed by atoms with Crippen LogP contribution in [0.5, 0.6) is 5.75 Å². The van der Waals surface area contributed by atoms with Crippen molar-refractivity contribution in [2.24, 2.45) is 0 Å². The molecule has 0 saturated carbocycles. The Kier molecular flexibility index (Phi) is 4.36. The van der Waals surface area contributed by atoms with Crippen LogP contribution in [0.2, 0.25) is 0 Å². The van der Waals surface area contributed by atoms with Crippen molar-refractivity contribution in [1.82, 2.24) is 0 Å². The SMILES string of the molecule is COCc1ccccc1NCc1cc(O)cc(F)c1. The minimum atomic E-state index is -0.443. The smallest absolute Gasteiger partial charge is 0.127 e. The number of anilines is 1. The zero-order valence-electron chi connectivity index (χ0n) is 10.7. The fraction of sp³-hybridized carbons (Fsp3) is 0.200. The minimum absolute atomic E-state index is 0.0676. The highest BCUT2D eigenvalue weighted by Gasteiger charge is 2.03. The maximum atomic E-state index is 13.1. The predicted octanol–water partition coefficient (Wildman–Crippen LogP) is 3.29. The van der Waals surface area contributed by atoms with Gasteiger partial charge in [0.2, 0.25) is 0 Å². The molecule has 0 amide bonds. The van der Waals surface area contributed by atoms with Crippen LogP contribution in [0, 0.1) is 5.82 Å². The Hall–Kier alpha value is -2.07. The first kappa shape index (κ1) is 13.4. The van der Waals surface area contributed by atoms with Gasteiger partial charge in [0.1, 0.15) is 11.6 Å². The second-order valence-corrected chi connectivity index (χ2v) is 4.26. The lowest BCUT2D eigenvalue weighted by molar-refractivity contribution is 0.185. The van der Waals surface area contributed by atoms with Gasteiger partial charge in [-0.2, -0.15) is 0 Å². The lowest BCUT2D eigenvalue weighted by Crippen LogP contribution is -2.03. The molecule has 0 aliphatic rings. The van der Waals surface area contributed by atoms with Gasteiger partial charge in [0.15, 0.2) is 0 Å². The zero-order chi connectivity index (χ0) is 13.7. The van der Waals surface area contributed by atoms with E-state index in [-0.39, 0.29) is 5.75 Å². The number of halogens is 1. The predicted molar refractivity (Wildman–Crippen MR) is 72.5 cm³/mol. The van der Waals surface area contributed by atoms with Crippen LogP contribution in [-0.4, -0.2) is 12.2 Å². The van der Waals surface area contributed by atoms with Crippen molar-refractivity contribution in [3.8, 4) is 5.75 Å². The molecule has 19 heavy (non-hydrogen) atoms. The summed E-state index contributed by atoms with van der Waals surface area (Å²) in [6.07, 6.45) is 0. The van der Waals surface area contributed by atoms with Crippen molar-refractivity contribution in [3.63, 3.8) is 0 Å². The Labute approximate surface area is 111 Å². The van der Waals surface area contributed by atoms with E-state index in [1.165, 1.54) is 12.1 Å². The number of para-hydroxylation sites is 1. The second kappa shape index (κ2) is 6.20. The third kappa shape index (κ3) is 3.69. The number of aromatic hydroxyl groups is 1. The monoisotopic (exact) mass is 261 g/mol. The molecule has 0 fully saturated rings. The van der Waals surface area contributed by atoms with E-state index in [4.69, 9.17) is 4.74 Å². The minimum Gasteiger partial charge on any atom is -0.508 e. The molecule has 0 spiro atoms. The van der Waals surface area contributed by atoms with Crippen molar-refractivity contribution in [2.75, 3.05) is 12.4 Å². The van der Waals surface area contributed by atoms with Crippen LogP contribution in [0.1, 0.15) is 11.1 Å². The van der Waals surface area contributed by atoms with Gasteiger partial charge in [-0.25, -0.2) is 4.39 Å². The average Bonchev–Trinajstić information content (AvgIpc) is 2.37. The summed E-state index contributed by atoms with van der Waals surface area (Å²) in [5.74, 6) is -0.510. The molecule has 0 aromatic heterocycles. The van der Waals surface area contributed by atoms with Crippen molar-refractivity contribution in [3.05, 3.63) is 59.4 Å². The third-order valence-corrected chi connectivity index (χ3v) is 2.74. The average molecular weight is 261 g/mol. The molecule has 2 aromatic carbocycles. The number of phenols is 1. The molecule has 0 radical (unpaired) electrons. The van der Waals surface area contributed by atoms with Crippen molar-refractivity contribution >= 4 is 5.69 Å². The summed E-state index contributed by atoms with van der Waals surface area (Å²) in [4.78, 5) is 0. The highest BCUT2D eigenvalue weighted by Crippen LogP contribution is 2.19. The van der Waals surface area contributed by atoms with E-state index < -0.39 is 5.82 Å². The van der Waals surface area contributed by atoms with E-state index in [0.717, 1.165) is 17.3 Å². The van der Waals surface area contributed by atoms with Gasteiger partial charge in [-0.1, -0.05) is 18.2 Å². The maximum absolute atomic E-state index is 13.1. The van der Waals surface area contributed by atoms with E-state index in [1.807, 2.05) is 24.3 Å². The van der Waals surface area contributed by atoms with Gasteiger partial charge in [-0.05, 0) is 23.8 Å². The third-order valence-electron chi connectivity index (χ3n) is 2.74. The number of hydrogen-bond acceptors (Lipinski definition) is 3. The Balaban J connectivity index is 2.09. The Morgan fingerprint density at radius 1 is 1.21 bits per heavy atom. The van der Waals surface area contributed by atoms with Crippen molar-refractivity contribution in [2.45, 2.75) is 13.2 Å². The Bertz CT molecular complexity index is 537. The fourth-order valence-electron chi connectivity index (χ4n) is 1.91. The molecular weight excluding hydrogens is 245 g/mol. The van der Waals surface area contributed by atoms with Crippen molar-refractivity contribution in [1.29, 1.82) is 0 Å². The van der Waals surface area contributed by atoms with Gasteiger partial charge in [0.25, 0.3) is 0 Å². The fourth-order valence-corrected chi connectivity index (χ4v) is 1.91. The molecule has 0 heterocycles. The second-order valence-electron chi connectivity index (χ2n) is 4.26. The summed E-state index contributed by atoms with van der Waals surface area (Å²) < 4.78 is 18.3. The normalized spacial score (nSPS) is 10.4. The van der Waals surface area contributed by atoms with E-state index in [0.29, 0.717) is 18.7 Å². The lowest BCUT2D eigenvalue weighted by Gasteiger charge is -2.11. The van der Waals surface area contributed by atoms with Crippen LogP contribution in [0.25, 0.3) is 0 Å². The van der Waals surface area contributed by atoms with Crippen LogP contribution in [-0.2, 0) is 17.9 Å². The van der Waals surface area contributed by atoms with Crippen LogP contribution in [0.4, 0.5) is 10.1 Å². The van der Waals surface area contributed by atoms with E-state index in [9.17, 15) is 9.50 Å². The van der Waals surface area contributed by atoms with Gasteiger partial charge >= 0.3 is 0 Å². The Morgan fingerprint density at radius 2 is 2.00 bits per heavy atom. The molecule has 2 rings (SSSR count). The lowest BCUT2D eigenvalue weighted by atomic mass is 10.1. The molecule has 2 N–H and O–H groups in total. The summed E-state index contributed by atoms with van der Waals surface area (Å²) in [6, 6.07) is 11.8. The molecule has 0 aliphatic carbocycles. The summed E-state index contributed by atoms with van der Waals surface area (Å²) >= 11 is 0. The first-order chi connectivity index (χ1) is 9.19. The number of nitrogens with one attached hydrogen (secondary N) is 1. The molecule has 0 saturated heterocycles. The summed E-state index contributed by atoms with van der Waals surface area (Å²) in [5, 5.41) is 12.6. The largest absolute Gasteiger partial charge is 0.508 e. The molecule has 0 atom stereocenters. The van der Waals surface area contributed by atoms with Gasteiger partial charge in [-0.15, -0.1) is 0 Å². The number of methoxy groups -OCH3 is 1. The zero-order valence-corrected chi connectivity index (χ0v) is 10.7. The molecule has 4 heteroatoms. The molecule has 2 aromatic rings. The molecule has 3 nitrogen and oxygen atoms in total. The van der Waals surface area contributed by atoms with Crippen LogP contribution < -0.4 is 5.32 Å². The molecule has 100 valence electrons. The van der Waals surface area contributed by atoms with Gasteiger partial charge in [-0.3, -0.25) is 0 Å². The van der Waals surface area contributed by atoms with Crippen LogP contribution >= 0.6 is 0 Å². The number of benzene rings is 2. The maximum Gasteiger partial charge on any atom is 0.127 e. The molecular formula is C15H16FNO2. The van der Waals surface area contributed by atoms with Gasteiger partial charge in [0.05, 0.1) is 6.61 Å². The summed E-state index contributed by atoms with van der Waals surface area (Å²) in [6.45, 7) is 0.948. The van der Waals surface area contributed by atoms with Crippen LogP contribution in [0.3, 0.4) is 0 Å². The first-order valence-corrected chi connectivity index (χ1v) is 5.98. The quantitative estimate of drug-likeness (QED) is 0.867. The number of phenolic OH excluding ortho intramolecular Hbond substituents is 1. The van der Waals surface area contributed by atoms with E-state index >= 15 is 0 Å². The van der Waals surface area contributed by atoms with Gasteiger partial charge in [0, 0.05) is 31.0 Å². The first-order valence-electron chi connectivity index (χ1n) is 5.98. The van der Waals surface area contributed by atoms with E-state index in [2.05, 4.69) is 5.32 Å². The van der Waals surface area contributed by atoms with Crippen LogP contribution in [0.15, 0.2) is 42.5 Å². The molecule has 0 unspecified atom stereocenters.